The van der Waals surface area contributed by atoms with E-state index < -0.39 is 0 Å². The molecule has 0 unspecified atom stereocenters. The number of hydrogen-bond acceptors (Lipinski definition) is 0. The fourth-order valence-corrected chi connectivity index (χ4v) is 6.25. The molecule has 246 valence electrons. The zero-order valence-corrected chi connectivity index (χ0v) is 32.9. The van der Waals surface area contributed by atoms with Gasteiger partial charge in [-0.05, 0) is 36.5 Å². The fourth-order valence-electron chi connectivity index (χ4n) is 6.25. The average Bonchev–Trinajstić information content (AvgIpc) is 3.55. The SMILES string of the molecule is CCc1[cH-]c2cc(C(C)C)cc(C(C)C)c2c1CCc1c(CC)[cH-]c2cc(C(C)C)cc(C(C)C)c12.[CH2-]CCC.[CH2-]CCC.[Ti+4]. The van der Waals surface area contributed by atoms with Crippen molar-refractivity contribution in [2.45, 2.75) is 158 Å². The Labute approximate surface area is 294 Å². The van der Waals surface area contributed by atoms with Crippen LogP contribution in [-0.2, 0) is 47.4 Å². The minimum absolute atomic E-state index is 0. The number of rotatable bonds is 11. The Balaban J connectivity index is 0.00000101. The largest absolute Gasteiger partial charge is 4.00 e. The first-order valence-electron chi connectivity index (χ1n) is 18.0. The molecule has 4 rings (SSSR count). The molecular formula is C44H66Ti. The van der Waals surface area contributed by atoms with Crippen molar-refractivity contribution in [3.05, 3.63) is 94.8 Å². The summed E-state index contributed by atoms with van der Waals surface area (Å²) in [5.41, 5.74) is 12.3. The van der Waals surface area contributed by atoms with Crippen molar-refractivity contribution in [3.8, 4) is 0 Å². The molecule has 0 amide bonds. The van der Waals surface area contributed by atoms with Gasteiger partial charge in [-0.15, -0.1) is 56.9 Å². The van der Waals surface area contributed by atoms with Crippen LogP contribution in [0.1, 0.15) is 177 Å². The molecule has 0 spiro atoms. The Morgan fingerprint density at radius 1 is 0.533 bits per heavy atom. The maximum Gasteiger partial charge on any atom is 4.00 e. The standard InChI is InChI=1S/C36H48.2C4H9.Ti/c1-11-25-15-29-17-27(21(3)4)19-33(23(7)8)35(29)31(25)13-14-32-26(12-2)16-30-18-28(22(5)6)20-34(24(9)10)36(30)32;2*1-3-4-2;/h15-24H,11-14H2,1-10H3;2*1,3-4H2,2H3;/q-2;2*-1;+4. The van der Waals surface area contributed by atoms with Gasteiger partial charge in [-0.1, -0.05) is 143 Å². The number of fused-ring (bicyclic) bond motifs is 2. The predicted octanol–water partition coefficient (Wildman–Crippen LogP) is 14.1. The van der Waals surface area contributed by atoms with Crippen molar-refractivity contribution in [2.24, 2.45) is 0 Å². The van der Waals surface area contributed by atoms with E-state index in [1.54, 1.807) is 44.2 Å². The van der Waals surface area contributed by atoms with E-state index in [1.807, 2.05) is 0 Å². The van der Waals surface area contributed by atoms with E-state index in [-0.39, 0.29) is 21.7 Å². The summed E-state index contributed by atoms with van der Waals surface area (Å²) in [7, 11) is 0. The molecule has 0 fully saturated rings. The average molecular weight is 643 g/mol. The third-order valence-electron chi connectivity index (χ3n) is 9.15. The van der Waals surface area contributed by atoms with Gasteiger partial charge in [0.1, 0.15) is 0 Å². The van der Waals surface area contributed by atoms with Crippen LogP contribution in [0.2, 0.25) is 0 Å². The van der Waals surface area contributed by atoms with Gasteiger partial charge in [0.2, 0.25) is 0 Å². The van der Waals surface area contributed by atoms with Crippen LogP contribution in [0, 0.1) is 13.8 Å². The Morgan fingerprint density at radius 2 is 0.844 bits per heavy atom. The molecule has 0 saturated heterocycles. The van der Waals surface area contributed by atoms with Gasteiger partial charge in [0.15, 0.2) is 0 Å². The van der Waals surface area contributed by atoms with E-state index in [1.165, 1.54) is 34.7 Å². The van der Waals surface area contributed by atoms with E-state index in [0.717, 1.165) is 38.5 Å². The normalized spacial score (nSPS) is 11.3. The van der Waals surface area contributed by atoms with Crippen molar-refractivity contribution < 1.29 is 21.7 Å². The molecule has 0 heterocycles. The number of unbranched alkanes of at least 4 members (excludes halogenated alkanes) is 2. The zero-order chi connectivity index (χ0) is 33.1. The second kappa shape index (κ2) is 19.9. The molecular weight excluding hydrogens is 576 g/mol. The molecule has 0 nitrogen and oxygen atoms in total. The van der Waals surface area contributed by atoms with Crippen molar-refractivity contribution in [2.75, 3.05) is 0 Å². The maximum absolute atomic E-state index is 3.60. The first-order chi connectivity index (χ1) is 20.9. The van der Waals surface area contributed by atoms with Crippen LogP contribution in [0.15, 0.2) is 36.4 Å². The molecule has 0 atom stereocenters. The van der Waals surface area contributed by atoms with Crippen LogP contribution in [0.5, 0.6) is 0 Å². The Bertz CT molecular complexity index is 1300. The molecule has 1 heteroatoms. The molecule has 0 saturated carbocycles. The molecule has 4 aromatic rings. The van der Waals surface area contributed by atoms with Gasteiger partial charge in [0.05, 0.1) is 0 Å². The Kier molecular flexibility index (Phi) is 18.3. The molecule has 45 heavy (non-hydrogen) atoms. The second-order valence-electron chi connectivity index (χ2n) is 14.0. The van der Waals surface area contributed by atoms with Crippen LogP contribution in [0.4, 0.5) is 0 Å². The summed E-state index contributed by atoms with van der Waals surface area (Å²) < 4.78 is 0. The molecule has 0 aliphatic heterocycles. The predicted molar refractivity (Wildman–Crippen MR) is 202 cm³/mol. The molecule has 4 aromatic carbocycles. The monoisotopic (exact) mass is 642 g/mol. The third kappa shape index (κ3) is 10.4. The zero-order valence-electron chi connectivity index (χ0n) is 31.3. The van der Waals surface area contributed by atoms with Gasteiger partial charge in [0, 0.05) is 0 Å². The van der Waals surface area contributed by atoms with Gasteiger partial charge < -0.3 is 13.8 Å². The minimum Gasteiger partial charge on any atom is -0.343 e. The van der Waals surface area contributed by atoms with Crippen LogP contribution in [-0.4, -0.2) is 0 Å². The van der Waals surface area contributed by atoms with E-state index in [9.17, 15) is 0 Å². The summed E-state index contributed by atoms with van der Waals surface area (Å²) in [5, 5.41) is 6.02. The van der Waals surface area contributed by atoms with E-state index in [4.69, 9.17) is 0 Å². The summed E-state index contributed by atoms with van der Waals surface area (Å²) >= 11 is 0. The van der Waals surface area contributed by atoms with Crippen molar-refractivity contribution in [1.82, 2.24) is 0 Å². The Morgan fingerprint density at radius 3 is 1.07 bits per heavy atom. The van der Waals surface area contributed by atoms with E-state index in [0.29, 0.717) is 23.7 Å². The smallest absolute Gasteiger partial charge is 0.343 e. The van der Waals surface area contributed by atoms with Crippen LogP contribution in [0.3, 0.4) is 0 Å². The van der Waals surface area contributed by atoms with Gasteiger partial charge in [0.25, 0.3) is 0 Å². The molecule has 0 aliphatic rings. The second-order valence-corrected chi connectivity index (χ2v) is 14.0. The van der Waals surface area contributed by atoms with Gasteiger partial charge in [-0.3, -0.25) is 0 Å². The Hall–Kier alpha value is -1.63. The van der Waals surface area contributed by atoms with Crippen molar-refractivity contribution in [3.63, 3.8) is 0 Å². The number of hydrogen-bond donors (Lipinski definition) is 0. The molecule has 0 aliphatic carbocycles. The number of aryl methyl sites for hydroxylation is 4. The van der Waals surface area contributed by atoms with E-state index >= 15 is 0 Å². The maximum atomic E-state index is 3.60. The van der Waals surface area contributed by atoms with Crippen LogP contribution in [0.25, 0.3) is 21.5 Å². The topological polar surface area (TPSA) is 0 Å². The van der Waals surface area contributed by atoms with Gasteiger partial charge in [-0.2, -0.15) is 24.0 Å². The van der Waals surface area contributed by atoms with Crippen LogP contribution >= 0.6 is 0 Å². The summed E-state index contributed by atoms with van der Waals surface area (Å²) in [6, 6.07) is 14.9. The van der Waals surface area contributed by atoms with Crippen LogP contribution < -0.4 is 0 Å². The first-order valence-corrected chi connectivity index (χ1v) is 18.0. The molecule has 0 aromatic heterocycles. The molecule has 0 N–H and O–H groups in total. The van der Waals surface area contributed by atoms with Gasteiger partial charge in [-0.25, -0.2) is 0 Å². The third-order valence-corrected chi connectivity index (χ3v) is 9.15. The fraction of sp³-hybridized carbons (Fsp3) is 0.545. The number of benzene rings is 2. The van der Waals surface area contributed by atoms with E-state index in [2.05, 4.69) is 133 Å². The summed E-state index contributed by atoms with van der Waals surface area (Å²) in [5.74, 6) is 2.18. The molecule has 0 radical (unpaired) electrons. The minimum atomic E-state index is 0. The molecule has 0 bridgehead atoms. The first kappa shape index (κ1) is 41.4. The summed E-state index contributed by atoms with van der Waals surface area (Å²) in [4.78, 5) is 0. The quantitative estimate of drug-likeness (QED) is 0.113. The summed E-state index contributed by atoms with van der Waals surface area (Å²) in [6.45, 7) is 34.8. The van der Waals surface area contributed by atoms with Crippen molar-refractivity contribution in [1.29, 1.82) is 0 Å². The van der Waals surface area contributed by atoms with Crippen molar-refractivity contribution >= 4 is 21.5 Å². The van der Waals surface area contributed by atoms with Gasteiger partial charge >= 0.3 is 21.7 Å². The summed E-state index contributed by atoms with van der Waals surface area (Å²) in [6.07, 6.45) is 9.03.